The van der Waals surface area contributed by atoms with Crippen LogP contribution in [0.15, 0.2) is 48.5 Å². The molecule has 25 heavy (non-hydrogen) atoms. The van der Waals surface area contributed by atoms with Gasteiger partial charge in [-0.05, 0) is 49.6 Å². The number of anilines is 1. The van der Waals surface area contributed by atoms with E-state index in [9.17, 15) is 4.79 Å². The lowest BCUT2D eigenvalue weighted by Gasteiger charge is -2.15. The summed E-state index contributed by atoms with van der Waals surface area (Å²) in [5.41, 5.74) is 1.73. The van der Waals surface area contributed by atoms with Gasteiger partial charge >= 0.3 is 0 Å². The van der Waals surface area contributed by atoms with E-state index in [-0.39, 0.29) is 18.6 Å². The van der Waals surface area contributed by atoms with Crippen LogP contribution in [0, 0.1) is 6.92 Å². The first-order valence-corrected chi connectivity index (χ1v) is 8.53. The van der Waals surface area contributed by atoms with Gasteiger partial charge < -0.3 is 19.5 Å². The predicted octanol–water partition coefficient (Wildman–Crippen LogP) is 3.57. The second kappa shape index (κ2) is 8.53. The summed E-state index contributed by atoms with van der Waals surface area (Å²) in [6.45, 7) is 3.22. The first-order chi connectivity index (χ1) is 12.2. The van der Waals surface area contributed by atoms with Gasteiger partial charge in [0.1, 0.15) is 18.1 Å². The third-order valence-electron chi connectivity index (χ3n) is 3.97. The van der Waals surface area contributed by atoms with Crippen molar-refractivity contribution in [1.82, 2.24) is 0 Å². The van der Waals surface area contributed by atoms with Crippen LogP contribution in [0.25, 0.3) is 0 Å². The van der Waals surface area contributed by atoms with Gasteiger partial charge in [-0.2, -0.15) is 0 Å². The zero-order valence-corrected chi connectivity index (χ0v) is 14.4. The molecule has 1 atom stereocenters. The largest absolute Gasteiger partial charge is 0.489 e. The summed E-state index contributed by atoms with van der Waals surface area (Å²) in [5, 5.41) is 2.84. The second-order valence-corrected chi connectivity index (χ2v) is 6.10. The van der Waals surface area contributed by atoms with E-state index in [0.29, 0.717) is 23.8 Å². The van der Waals surface area contributed by atoms with Crippen molar-refractivity contribution in [2.24, 2.45) is 0 Å². The maximum absolute atomic E-state index is 12.2. The first kappa shape index (κ1) is 17.3. The fourth-order valence-corrected chi connectivity index (χ4v) is 2.69. The molecule has 1 aliphatic heterocycles. The summed E-state index contributed by atoms with van der Waals surface area (Å²) in [6.07, 6.45) is 2.22. The van der Waals surface area contributed by atoms with Gasteiger partial charge in [0.05, 0.1) is 11.8 Å². The van der Waals surface area contributed by atoms with E-state index < -0.39 is 0 Å². The molecule has 0 aliphatic carbocycles. The lowest BCUT2D eigenvalue weighted by atomic mass is 10.2. The van der Waals surface area contributed by atoms with Gasteiger partial charge in [0.25, 0.3) is 5.91 Å². The zero-order chi connectivity index (χ0) is 17.5. The maximum Gasteiger partial charge on any atom is 0.262 e. The average Bonchev–Trinajstić information content (AvgIpc) is 3.13. The standard InChI is InChI=1S/C20H23NO4/c1-15-6-4-7-16(12-15)24-14-20(22)21-18-9-2-3-10-19(18)25-13-17-8-5-11-23-17/h2-4,6-7,9-10,12,17H,5,8,11,13-14H2,1H3,(H,21,22). The average molecular weight is 341 g/mol. The highest BCUT2D eigenvalue weighted by Gasteiger charge is 2.17. The minimum atomic E-state index is -0.227. The Morgan fingerprint density at radius 1 is 1.20 bits per heavy atom. The number of ether oxygens (including phenoxy) is 3. The van der Waals surface area contributed by atoms with Crippen LogP contribution in [0.3, 0.4) is 0 Å². The highest BCUT2D eigenvalue weighted by molar-refractivity contribution is 5.93. The normalized spacial score (nSPS) is 16.4. The molecule has 0 radical (unpaired) electrons. The van der Waals surface area contributed by atoms with Crippen molar-refractivity contribution in [2.45, 2.75) is 25.9 Å². The van der Waals surface area contributed by atoms with Crippen molar-refractivity contribution in [1.29, 1.82) is 0 Å². The molecule has 3 rings (SSSR count). The van der Waals surface area contributed by atoms with E-state index >= 15 is 0 Å². The Morgan fingerprint density at radius 2 is 2.08 bits per heavy atom. The lowest BCUT2D eigenvalue weighted by Crippen LogP contribution is -2.21. The molecule has 1 fully saturated rings. The van der Waals surface area contributed by atoms with Gasteiger partial charge in [-0.15, -0.1) is 0 Å². The van der Waals surface area contributed by atoms with Crippen LogP contribution in [0.5, 0.6) is 11.5 Å². The van der Waals surface area contributed by atoms with Crippen LogP contribution in [0.2, 0.25) is 0 Å². The molecule has 0 spiro atoms. The number of amides is 1. The Bertz CT molecular complexity index is 710. The molecule has 1 unspecified atom stereocenters. The molecule has 0 saturated carbocycles. The van der Waals surface area contributed by atoms with Crippen molar-refractivity contribution >= 4 is 11.6 Å². The van der Waals surface area contributed by atoms with E-state index in [4.69, 9.17) is 14.2 Å². The molecule has 1 saturated heterocycles. The zero-order valence-electron chi connectivity index (χ0n) is 14.4. The van der Waals surface area contributed by atoms with Crippen LogP contribution in [0.4, 0.5) is 5.69 Å². The number of hydrogen-bond acceptors (Lipinski definition) is 4. The van der Waals surface area contributed by atoms with Crippen molar-refractivity contribution in [3.8, 4) is 11.5 Å². The Balaban J connectivity index is 1.53. The van der Waals surface area contributed by atoms with Crippen LogP contribution in [-0.2, 0) is 9.53 Å². The number of carbonyl (C=O) groups excluding carboxylic acids is 1. The summed E-state index contributed by atoms with van der Waals surface area (Å²) in [4.78, 5) is 12.2. The van der Waals surface area contributed by atoms with E-state index in [1.54, 1.807) is 0 Å². The molecule has 132 valence electrons. The Labute approximate surface area is 147 Å². The number of hydrogen-bond donors (Lipinski definition) is 1. The van der Waals surface area contributed by atoms with Crippen LogP contribution in [-0.4, -0.2) is 31.8 Å². The monoisotopic (exact) mass is 341 g/mol. The van der Waals surface area contributed by atoms with Gasteiger partial charge in [-0.3, -0.25) is 4.79 Å². The third kappa shape index (κ3) is 5.22. The molecular weight excluding hydrogens is 318 g/mol. The number of aryl methyl sites for hydroxylation is 1. The molecule has 1 amide bonds. The number of rotatable bonds is 7. The molecule has 2 aromatic rings. The quantitative estimate of drug-likeness (QED) is 0.836. The Morgan fingerprint density at radius 3 is 2.88 bits per heavy atom. The third-order valence-corrected chi connectivity index (χ3v) is 3.97. The molecule has 0 aromatic heterocycles. The molecule has 5 nitrogen and oxygen atoms in total. The summed E-state index contributed by atoms with van der Waals surface area (Å²) in [7, 11) is 0. The molecule has 0 bridgehead atoms. The van der Waals surface area contributed by atoms with E-state index in [2.05, 4.69) is 5.32 Å². The van der Waals surface area contributed by atoms with Gasteiger partial charge in [0, 0.05) is 6.61 Å². The van der Waals surface area contributed by atoms with E-state index in [0.717, 1.165) is 25.0 Å². The maximum atomic E-state index is 12.2. The Hall–Kier alpha value is -2.53. The van der Waals surface area contributed by atoms with Crippen LogP contribution in [0.1, 0.15) is 18.4 Å². The highest BCUT2D eigenvalue weighted by Crippen LogP contribution is 2.25. The van der Waals surface area contributed by atoms with Crippen LogP contribution < -0.4 is 14.8 Å². The summed E-state index contributed by atoms with van der Waals surface area (Å²) in [5.74, 6) is 1.09. The Kier molecular flexibility index (Phi) is 5.90. The van der Waals surface area contributed by atoms with E-state index in [1.807, 2.05) is 55.5 Å². The van der Waals surface area contributed by atoms with Gasteiger partial charge in [0.2, 0.25) is 0 Å². The summed E-state index contributed by atoms with van der Waals surface area (Å²) in [6, 6.07) is 15.0. The van der Waals surface area contributed by atoms with Gasteiger partial charge in [0.15, 0.2) is 6.61 Å². The summed E-state index contributed by atoms with van der Waals surface area (Å²) < 4.78 is 16.9. The number of para-hydroxylation sites is 2. The van der Waals surface area contributed by atoms with Gasteiger partial charge in [-0.1, -0.05) is 24.3 Å². The minimum absolute atomic E-state index is 0.0521. The summed E-state index contributed by atoms with van der Waals surface area (Å²) >= 11 is 0. The van der Waals surface area contributed by atoms with E-state index in [1.165, 1.54) is 0 Å². The fraction of sp³-hybridized carbons (Fsp3) is 0.350. The smallest absolute Gasteiger partial charge is 0.262 e. The SMILES string of the molecule is Cc1cccc(OCC(=O)Nc2ccccc2OCC2CCCO2)c1. The second-order valence-electron chi connectivity index (χ2n) is 6.10. The number of carbonyl (C=O) groups is 1. The lowest BCUT2D eigenvalue weighted by molar-refractivity contribution is -0.118. The number of nitrogens with one attached hydrogen (secondary N) is 1. The number of benzene rings is 2. The van der Waals surface area contributed by atoms with Crippen molar-refractivity contribution in [3.63, 3.8) is 0 Å². The molecule has 1 aliphatic rings. The van der Waals surface area contributed by atoms with Crippen molar-refractivity contribution in [3.05, 3.63) is 54.1 Å². The topological polar surface area (TPSA) is 56.8 Å². The molecule has 5 heteroatoms. The van der Waals surface area contributed by atoms with Crippen molar-refractivity contribution in [2.75, 3.05) is 25.1 Å². The van der Waals surface area contributed by atoms with Crippen LogP contribution >= 0.6 is 0 Å². The first-order valence-electron chi connectivity index (χ1n) is 8.53. The van der Waals surface area contributed by atoms with Gasteiger partial charge in [-0.25, -0.2) is 0 Å². The molecule has 1 heterocycles. The predicted molar refractivity (Wildman–Crippen MR) is 96.2 cm³/mol. The fourth-order valence-electron chi connectivity index (χ4n) is 2.69. The molecule has 2 aromatic carbocycles. The van der Waals surface area contributed by atoms with Crippen molar-refractivity contribution < 1.29 is 19.0 Å². The molecule has 1 N–H and O–H groups in total. The minimum Gasteiger partial charge on any atom is -0.489 e. The highest BCUT2D eigenvalue weighted by atomic mass is 16.5. The molecular formula is C20H23NO4.